The highest BCUT2D eigenvalue weighted by Gasteiger charge is 2.35. The minimum atomic E-state index is -4.01. The maximum atomic E-state index is 13.7. The van der Waals surface area contributed by atoms with Crippen molar-refractivity contribution in [2.75, 3.05) is 13.2 Å². The zero-order chi connectivity index (χ0) is 23.9. The smallest absolute Gasteiger partial charge is 0.366 e. The first-order chi connectivity index (χ1) is 15.8. The van der Waals surface area contributed by atoms with Gasteiger partial charge in [-0.25, -0.2) is 8.42 Å². The van der Waals surface area contributed by atoms with Gasteiger partial charge in [-0.1, -0.05) is 48.0 Å². The summed E-state index contributed by atoms with van der Waals surface area (Å²) in [5.41, 5.74) is 1.69. The van der Waals surface area contributed by atoms with Gasteiger partial charge in [0.1, 0.15) is 11.1 Å². The van der Waals surface area contributed by atoms with Gasteiger partial charge in [-0.2, -0.15) is 0 Å². The molecule has 0 aliphatic carbocycles. The van der Waals surface area contributed by atoms with E-state index >= 15 is 0 Å². The van der Waals surface area contributed by atoms with Gasteiger partial charge in [-0.05, 0) is 50.6 Å². The molecule has 0 N–H and O–H groups in total. The third-order valence-corrected chi connectivity index (χ3v) is 8.58. The van der Waals surface area contributed by atoms with Gasteiger partial charge in [-0.15, -0.1) is 0 Å². The highest BCUT2D eigenvalue weighted by molar-refractivity contribution is 7.89. The van der Waals surface area contributed by atoms with Gasteiger partial charge in [0.15, 0.2) is 0 Å². The first-order valence-corrected chi connectivity index (χ1v) is 13.6. The Kier molecular flexibility index (Phi) is 8.32. The van der Waals surface area contributed by atoms with Crippen molar-refractivity contribution in [3.8, 4) is 0 Å². The van der Waals surface area contributed by atoms with Gasteiger partial charge < -0.3 is 13.5 Å². The fraction of sp³-hybridized carbons (Fsp3) is 0.250. The van der Waals surface area contributed by atoms with Gasteiger partial charge in [0.2, 0.25) is 0 Å². The topological polar surface area (TPSA) is 86.0 Å². The Morgan fingerprint density at radius 3 is 2.15 bits per heavy atom. The largest absolute Gasteiger partial charge is 0.464 e. The molecule has 0 aliphatic rings. The zero-order valence-corrected chi connectivity index (χ0v) is 20.6. The molecule has 0 bridgehead atoms. The molecule has 0 radical (unpaired) electrons. The number of hydrogen-bond donors (Lipinski definition) is 0. The molecule has 0 saturated heterocycles. The van der Waals surface area contributed by atoms with E-state index in [1.807, 2.05) is 37.3 Å². The summed E-state index contributed by atoms with van der Waals surface area (Å²) in [7, 11) is -7.89. The number of benzene rings is 2. The van der Waals surface area contributed by atoms with Crippen LogP contribution < -0.4 is 0 Å². The van der Waals surface area contributed by atoms with Crippen LogP contribution in [-0.2, 0) is 30.2 Å². The van der Waals surface area contributed by atoms with Crippen molar-refractivity contribution in [2.45, 2.75) is 32.2 Å². The zero-order valence-electron chi connectivity index (χ0n) is 18.9. The first kappa shape index (κ1) is 25.0. The van der Waals surface area contributed by atoms with Crippen LogP contribution >= 0.6 is 7.60 Å². The molecular formula is C24H28NO6PS. The second-order valence-electron chi connectivity index (χ2n) is 7.17. The molecular weight excluding hydrogens is 461 g/mol. The summed E-state index contributed by atoms with van der Waals surface area (Å²) in [6, 6.07) is 18.9. The maximum absolute atomic E-state index is 13.7. The summed E-state index contributed by atoms with van der Waals surface area (Å²) >= 11 is 0. The Morgan fingerprint density at radius 1 is 0.970 bits per heavy atom. The van der Waals surface area contributed by atoms with Crippen LogP contribution in [0.4, 0.5) is 0 Å². The fourth-order valence-corrected chi connectivity index (χ4v) is 6.26. The minimum Gasteiger partial charge on any atom is -0.464 e. The van der Waals surface area contributed by atoms with Crippen LogP contribution in [0.3, 0.4) is 0 Å². The Hall–Kier alpha value is -2.64. The van der Waals surface area contributed by atoms with Crippen LogP contribution in [0.15, 0.2) is 88.5 Å². The molecule has 33 heavy (non-hydrogen) atoms. The quantitative estimate of drug-likeness (QED) is 0.305. The van der Waals surface area contributed by atoms with E-state index in [4.69, 9.17) is 13.5 Å². The van der Waals surface area contributed by atoms with Crippen LogP contribution in [0.2, 0.25) is 0 Å². The van der Waals surface area contributed by atoms with Gasteiger partial charge in [0.25, 0.3) is 10.0 Å². The summed E-state index contributed by atoms with van der Waals surface area (Å²) in [6.45, 7) is 5.50. The monoisotopic (exact) mass is 489 g/mol. The molecule has 0 aliphatic heterocycles. The number of rotatable bonds is 11. The second-order valence-corrected chi connectivity index (χ2v) is 11.1. The molecule has 7 nitrogen and oxygen atoms in total. The molecule has 9 heteroatoms. The molecule has 3 rings (SSSR count). The molecule has 0 amide bonds. The van der Waals surface area contributed by atoms with E-state index in [1.165, 1.54) is 12.5 Å². The molecule has 0 atom stereocenters. The Bertz CT molecular complexity index is 1200. The van der Waals surface area contributed by atoms with E-state index in [1.54, 1.807) is 50.2 Å². The lowest BCUT2D eigenvalue weighted by Crippen LogP contribution is -2.26. The molecule has 0 saturated carbocycles. The lowest BCUT2D eigenvalue weighted by molar-refractivity contribution is 0.230. The van der Waals surface area contributed by atoms with E-state index in [2.05, 4.69) is 0 Å². The first-order valence-electron chi connectivity index (χ1n) is 10.6. The lowest BCUT2D eigenvalue weighted by atomic mass is 10.2. The standard InChI is InChI=1S/C24H28NO6PS/c1-4-30-32(26,31-5-2)24(23-12-9-17-29-23)19-25(18-21-10-7-6-8-11-21)33(27,28)22-15-13-20(3)14-16-22/h6-17,19H,4-5,18H2,1-3H3/b24-19+. The molecule has 0 fully saturated rings. The number of sulfonamides is 1. The van der Waals surface area contributed by atoms with Crippen LogP contribution in [0.25, 0.3) is 5.31 Å². The molecule has 0 unspecified atom stereocenters. The van der Waals surface area contributed by atoms with Crippen LogP contribution in [-0.4, -0.2) is 25.9 Å². The molecule has 0 spiro atoms. The van der Waals surface area contributed by atoms with Crippen molar-refractivity contribution < 1.29 is 26.4 Å². The second kappa shape index (κ2) is 11.0. The van der Waals surface area contributed by atoms with Crippen molar-refractivity contribution in [3.63, 3.8) is 0 Å². The average Bonchev–Trinajstić information content (AvgIpc) is 3.32. The molecule has 1 heterocycles. The van der Waals surface area contributed by atoms with Gasteiger partial charge >= 0.3 is 7.60 Å². The Labute approximate surface area is 195 Å². The lowest BCUT2D eigenvalue weighted by Gasteiger charge is -2.25. The van der Waals surface area contributed by atoms with E-state index in [0.717, 1.165) is 15.4 Å². The van der Waals surface area contributed by atoms with Crippen molar-refractivity contribution in [3.05, 3.63) is 96.1 Å². The van der Waals surface area contributed by atoms with E-state index in [0.29, 0.717) is 0 Å². The fourth-order valence-electron chi connectivity index (χ4n) is 3.16. The minimum absolute atomic E-state index is 0.0134. The van der Waals surface area contributed by atoms with Crippen molar-refractivity contribution in [2.24, 2.45) is 0 Å². The van der Waals surface area contributed by atoms with Crippen molar-refractivity contribution >= 4 is 22.9 Å². The molecule has 176 valence electrons. The highest BCUT2D eigenvalue weighted by atomic mass is 32.2. The maximum Gasteiger partial charge on any atom is 0.366 e. The van der Waals surface area contributed by atoms with Crippen molar-refractivity contribution in [1.29, 1.82) is 0 Å². The number of nitrogens with zero attached hydrogens (tertiary/aromatic N) is 1. The van der Waals surface area contributed by atoms with Gasteiger partial charge in [0.05, 0.1) is 30.9 Å². The van der Waals surface area contributed by atoms with Crippen LogP contribution in [0.1, 0.15) is 30.7 Å². The van der Waals surface area contributed by atoms with Crippen LogP contribution in [0.5, 0.6) is 0 Å². The normalized spacial score (nSPS) is 12.6. The summed E-state index contributed by atoms with van der Waals surface area (Å²) in [5, 5.41) is 0.0304. The molecule has 3 aromatic rings. The number of hydrogen-bond acceptors (Lipinski definition) is 6. The average molecular weight is 490 g/mol. The Balaban J connectivity index is 2.20. The summed E-state index contributed by atoms with van der Waals surface area (Å²) in [5.74, 6) is 0.206. The molecule has 2 aromatic carbocycles. The summed E-state index contributed by atoms with van der Waals surface area (Å²) in [4.78, 5) is 0.113. The van der Waals surface area contributed by atoms with Gasteiger partial charge in [-0.3, -0.25) is 8.87 Å². The van der Waals surface area contributed by atoms with E-state index in [9.17, 15) is 13.0 Å². The number of aryl methyl sites for hydroxylation is 1. The summed E-state index contributed by atoms with van der Waals surface area (Å²) in [6.07, 6.45) is 2.72. The van der Waals surface area contributed by atoms with Crippen molar-refractivity contribution in [1.82, 2.24) is 4.31 Å². The predicted octanol–water partition coefficient (Wildman–Crippen LogP) is 6.04. The third-order valence-electron chi connectivity index (χ3n) is 4.74. The Morgan fingerprint density at radius 2 is 1.61 bits per heavy atom. The highest BCUT2D eigenvalue weighted by Crippen LogP contribution is 2.60. The summed E-state index contributed by atoms with van der Waals surface area (Å²) < 4.78 is 58.8. The van der Waals surface area contributed by atoms with Crippen LogP contribution in [0, 0.1) is 6.92 Å². The third kappa shape index (κ3) is 6.03. The SMILES string of the molecule is CCOP(=O)(OCC)/C(=C/N(Cc1ccccc1)S(=O)(=O)c1ccc(C)cc1)c1ccco1. The van der Waals surface area contributed by atoms with E-state index in [-0.39, 0.29) is 35.7 Å². The molecule has 1 aromatic heterocycles. The number of furan rings is 1. The van der Waals surface area contributed by atoms with Gasteiger partial charge in [0, 0.05) is 6.20 Å². The predicted molar refractivity (Wildman–Crippen MR) is 128 cm³/mol. The van der Waals surface area contributed by atoms with E-state index < -0.39 is 17.6 Å².